The number of pyridine rings is 1. The second-order valence-corrected chi connectivity index (χ2v) is 3.80. The minimum atomic E-state index is -0.349. The number of aromatic nitrogens is 3. The Morgan fingerprint density at radius 2 is 2.28 bits per heavy atom. The van der Waals surface area contributed by atoms with Crippen molar-refractivity contribution in [3.8, 4) is 11.4 Å². The van der Waals surface area contributed by atoms with Gasteiger partial charge in [0, 0.05) is 25.8 Å². The molecule has 96 valence electrons. The molecule has 18 heavy (non-hydrogen) atoms. The lowest BCUT2D eigenvalue weighted by molar-refractivity contribution is 0.199. The van der Waals surface area contributed by atoms with Crippen molar-refractivity contribution >= 4 is 0 Å². The summed E-state index contributed by atoms with van der Waals surface area (Å²) < 4.78 is 17.8. The van der Waals surface area contributed by atoms with Crippen molar-refractivity contribution in [2.24, 2.45) is 0 Å². The Bertz CT molecular complexity index is 483. The van der Waals surface area contributed by atoms with Gasteiger partial charge in [-0.15, -0.1) is 0 Å². The quantitative estimate of drug-likeness (QED) is 0.760. The molecule has 2 heterocycles. The highest BCUT2D eigenvalue weighted by atomic mass is 19.1. The van der Waals surface area contributed by atoms with Crippen molar-refractivity contribution in [1.29, 1.82) is 0 Å². The highest BCUT2D eigenvalue weighted by Crippen LogP contribution is 2.18. The number of hydrogen-bond donors (Lipinski definition) is 2. The molecule has 2 N–H and O–H groups in total. The van der Waals surface area contributed by atoms with E-state index < -0.39 is 0 Å². The predicted octanol–water partition coefficient (Wildman–Crippen LogP) is 1.35. The fourth-order valence-corrected chi connectivity index (χ4v) is 1.59. The highest BCUT2D eigenvalue weighted by Gasteiger charge is 2.08. The average molecular weight is 250 g/mol. The zero-order valence-corrected chi connectivity index (χ0v) is 10.1. The van der Waals surface area contributed by atoms with E-state index in [1.54, 1.807) is 19.4 Å². The van der Waals surface area contributed by atoms with Crippen LogP contribution in [-0.4, -0.2) is 35.4 Å². The van der Waals surface area contributed by atoms with Crippen molar-refractivity contribution in [3.05, 3.63) is 35.9 Å². The van der Waals surface area contributed by atoms with Gasteiger partial charge in [0.1, 0.15) is 5.82 Å². The van der Waals surface area contributed by atoms with Crippen molar-refractivity contribution in [1.82, 2.24) is 20.5 Å². The minimum absolute atomic E-state index is 0.349. The van der Waals surface area contributed by atoms with Gasteiger partial charge < -0.3 is 10.1 Å². The van der Waals surface area contributed by atoms with Crippen LogP contribution in [0.5, 0.6) is 0 Å². The molecule has 5 nitrogen and oxygen atoms in total. The number of nitrogens with one attached hydrogen (secondary N) is 2. The minimum Gasteiger partial charge on any atom is -0.383 e. The third kappa shape index (κ3) is 3.12. The lowest BCUT2D eigenvalue weighted by Crippen LogP contribution is -2.18. The summed E-state index contributed by atoms with van der Waals surface area (Å²) >= 11 is 0. The summed E-state index contributed by atoms with van der Waals surface area (Å²) in [6.45, 7) is 2.08. The molecule has 6 heteroatoms. The molecular weight excluding hydrogens is 235 g/mol. The standard InChI is InChI=1S/C12H15FN4O/c1-18-5-4-14-6-9-7-16-17-12(9)11-3-2-10(13)8-15-11/h2-3,7-8,14H,4-6H2,1H3,(H,16,17). The van der Waals surface area contributed by atoms with Gasteiger partial charge in [0.05, 0.1) is 30.4 Å². The van der Waals surface area contributed by atoms with Gasteiger partial charge in [-0.1, -0.05) is 0 Å². The van der Waals surface area contributed by atoms with Crippen LogP contribution in [0.15, 0.2) is 24.5 Å². The summed E-state index contributed by atoms with van der Waals surface area (Å²) in [4.78, 5) is 4.03. The fraction of sp³-hybridized carbons (Fsp3) is 0.333. The zero-order valence-electron chi connectivity index (χ0n) is 10.1. The van der Waals surface area contributed by atoms with Gasteiger partial charge in [-0.05, 0) is 12.1 Å². The number of ether oxygens (including phenoxy) is 1. The molecular formula is C12H15FN4O. The largest absolute Gasteiger partial charge is 0.383 e. The Kier molecular flexibility index (Phi) is 4.38. The number of H-pyrrole nitrogens is 1. The molecule has 0 spiro atoms. The van der Waals surface area contributed by atoms with E-state index in [2.05, 4.69) is 20.5 Å². The van der Waals surface area contributed by atoms with Crippen LogP contribution < -0.4 is 5.32 Å². The van der Waals surface area contributed by atoms with Gasteiger partial charge in [-0.3, -0.25) is 10.1 Å². The summed E-state index contributed by atoms with van der Waals surface area (Å²) in [6.07, 6.45) is 2.93. The van der Waals surface area contributed by atoms with Crippen LogP contribution in [0.3, 0.4) is 0 Å². The van der Waals surface area contributed by atoms with E-state index in [1.165, 1.54) is 12.3 Å². The lowest BCUT2D eigenvalue weighted by Gasteiger charge is -2.04. The van der Waals surface area contributed by atoms with Gasteiger partial charge in [0.15, 0.2) is 0 Å². The van der Waals surface area contributed by atoms with Crippen LogP contribution in [-0.2, 0) is 11.3 Å². The van der Waals surface area contributed by atoms with Crippen molar-refractivity contribution < 1.29 is 9.13 Å². The molecule has 0 bridgehead atoms. The van der Waals surface area contributed by atoms with Crippen molar-refractivity contribution in [2.75, 3.05) is 20.3 Å². The maximum absolute atomic E-state index is 12.8. The Balaban J connectivity index is 2.05. The molecule has 0 aliphatic heterocycles. The van der Waals surface area contributed by atoms with E-state index in [0.29, 0.717) is 18.8 Å². The van der Waals surface area contributed by atoms with Crippen LogP contribution in [0.4, 0.5) is 4.39 Å². The molecule has 0 radical (unpaired) electrons. The van der Waals surface area contributed by atoms with Crippen molar-refractivity contribution in [2.45, 2.75) is 6.54 Å². The first kappa shape index (κ1) is 12.7. The van der Waals surface area contributed by atoms with Crippen LogP contribution in [0.2, 0.25) is 0 Å². The molecule has 0 unspecified atom stereocenters. The molecule has 0 aromatic carbocycles. The third-order valence-electron chi connectivity index (χ3n) is 2.50. The van der Waals surface area contributed by atoms with Crippen LogP contribution in [0, 0.1) is 5.82 Å². The van der Waals surface area contributed by atoms with E-state index in [9.17, 15) is 4.39 Å². The van der Waals surface area contributed by atoms with E-state index in [-0.39, 0.29) is 5.82 Å². The predicted molar refractivity (Wildman–Crippen MR) is 65.4 cm³/mol. The monoisotopic (exact) mass is 250 g/mol. The zero-order chi connectivity index (χ0) is 12.8. The fourth-order valence-electron chi connectivity index (χ4n) is 1.59. The lowest BCUT2D eigenvalue weighted by atomic mass is 10.2. The second kappa shape index (κ2) is 6.23. The van der Waals surface area contributed by atoms with E-state index in [4.69, 9.17) is 4.74 Å². The van der Waals surface area contributed by atoms with Crippen LogP contribution in [0.1, 0.15) is 5.56 Å². The number of nitrogens with zero attached hydrogens (tertiary/aromatic N) is 2. The van der Waals surface area contributed by atoms with E-state index in [1.807, 2.05) is 0 Å². The summed E-state index contributed by atoms with van der Waals surface area (Å²) in [6, 6.07) is 3.01. The number of hydrogen-bond acceptors (Lipinski definition) is 4. The van der Waals surface area contributed by atoms with Crippen LogP contribution in [0.25, 0.3) is 11.4 Å². The molecule has 0 amide bonds. The first-order valence-electron chi connectivity index (χ1n) is 5.65. The number of aromatic amines is 1. The Morgan fingerprint density at radius 3 is 3.00 bits per heavy atom. The molecule has 0 aliphatic carbocycles. The summed E-state index contributed by atoms with van der Waals surface area (Å²) in [5.74, 6) is -0.349. The first-order valence-corrected chi connectivity index (χ1v) is 5.65. The molecule has 0 atom stereocenters. The first-order chi connectivity index (χ1) is 8.81. The third-order valence-corrected chi connectivity index (χ3v) is 2.50. The van der Waals surface area contributed by atoms with Gasteiger partial charge in [0.25, 0.3) is 0 Å². The number of methoxy groups -OCH3 is 1. The van der Waals surface area contributed by atoms with E-state index in [0.717, 1.165) is 17.8 Å². The number of rotatable bonds is 6. The Hall–Kier alpha value is -1.79. The smallest absolute Gasteiger partial charge is 0.141 e. The average Bonchev–Trinajstić information content (AvgIpc) is 2.84. The molecule has 2 rings (SSSR count). The molecule has 0 saturated heterocycles. The molecule has 0 aliphatic rings. The van der Waals surface area contributed by atoms with Crippen molar-refractivity contribution in [3.63, 3.8) is 0 Å². The SMILES string of the molecule is COCCNCc1cn[nH]c1-c1ccc(F)cn1. The normalized spacial score (nSPS) is 10.8. The second-order valence-electron chi connectivity index (χ2n) is 3.80. The topological polar surface area (TPSA) is 62.8 Å². The number of halogens is 1. The van der Waals surface area contributed by atoms with Crippen LogP contribution >= 0.6 is 0 Å². The molecule has 2 aromatic heterocycles. The molecule has 0 saturated carbocycles. The van der Waals surface area contributed by atoms with E-state index >= 15 is 0 Å². The molecule has 2 aromatic rings. The summed E-state index contributed by atoms with van der Waals surface area (Å²) in [5, 5.41) is 10.1. The van der Waals surface area contributed by atoms with Gasteiger partial charge in [0.2, 0.25) is 0 Å². The maximum Gasteiger partial charge on any atom is 0.141 e. The Morgan fingerprint density at radius 1 is 1.39 bits per heavy atom. The summed E-state index contributed by atoms with van der Waals surface area (Å²) in [7, 11) is 1.66. The van der Waals surface area contributed by atoms with Gasteiger partial charge in [-0.2, -0.15) is 5.10 Å². The maximum atomic E-state index is 12.8. The summed E-state index contributed by atoms with van der Waals surface area (Å²) in [5.41, 5.74) is 2.47. The molecule has 0 fully saturated rings. The Labute approximate surface area is 104 Å². The van der Waals surface area contributed by atoms with Gasteiger partial charge in [-0.25, -0.2) is 4.39 Å². The van der Waals surface area contributed by atoms with Gasteiger partial charge >= 0.3 is 0 Å². The highest BCUT2D eigenvalue weighted by molar-refractivity contribution is 5.57.